The Morgan fingerprint density at radius 2 is 1.50 bits per heavy atom. The largest absolute Gasteiger partial charge is 0.379 e. The van der Waals surface area contributed by atoms with Gasteiger partial charge in [-0.25, -0.2) is 0 Å². The zero-order valence-electron chi connectivity index (χ0n) is 16.3. The summed E-state index contributed by atoms with van der Waals surface area (Å²) in [5.41, 5.74) is 1.16. The number of hydrogen-bond donors (Lipinski definition) is 2. The molecule has 8 heteroatoms. The molecule has 0 spiro atoms. The molecule has 2 N–H and O–H groups in total. The Balaban J connectivity index is 1.30. The van der Waals surface area contributed by atoms with Crippen LogP contribution in [0.2, 0.25) is 0 Å². The number of carbonyl (C=O) groups excluding carboxylic acids is 2. The summed E-state index contributed by atoms with van der Waals surface area (Å²) in [6.07, 6.45) is 0.0501. The summed E-state index contributed by atoms with van der Waals surface area (Å²) < 4.78 is 11.1. The maximum absolute atomic E-state index is 12.0. The maximum Gasteiger partial charge on any atom is 0.309 e. The minimum atomic E-state index is -0.574. The molecular weight excluding hydrogens is 360 g/mol. The van der Waals surface area contributed by atoms with Crippen LogP contribution < -0.4 is 10.6 Å². The Kier molecular flexibility index (Phi) is 8.23. The molecule has 0 saturated carbocycles. The number of morpholine rings is 2. The van der Waals surface area contributed by atoms with Crippen molar-refractivity contribution in [3.05, 3.63) is 35.9 Å². The van der Waals surface area contributed by atoms with E-state index in [1.807, 2.05) is 18.2 Å². The van der Waals surface area contributed by atoms with E-state index in [2.05, 4.69) is 32.6 Å². The highest BCUT2D eigenvalue weighted by Crippen LogP contribution is 2.21. The third-order valence-corrected chi connectivity index (χ3v) is 5.06. The van der Waals surface area contributed by atoms with E-state index in [1.54, 1.807) is 0 Å². The van der Waals surface area contributed by atoms with Crippen molar-refractivity contribution in [3.63, 3.8) is 0 Å². The predicted molar refractivity (Wildman–Crippen MR) is 105 cm³/mol. The summed E-state index contributed by atoms with van der Waals surface area (Å²) in [6, 6.07) is 10.1. The molecule has 28 heavy (non-hydrogen) atoms. The van der Waals surface area contributed by atoms with Gasteiger partial charge in [-0.15, -0.1) is 0 Å². The van der Waals surface area contributed by atoms with Gasteiger partial charge in [0.05, 0.1) is 25.9 Å². The summed E-state index contributed by atoms with van der Waals surface area (Å²) >= 11 is 0. The van der Waals surface area contributed by atoms with Crippen molar-refractivity contribution in [1.82, 2.24) is 20.4 Å². The Hall–Kier alpha value is -2.00. The molecule has 0 aromatic heterocycles. The van der Waals surface area contributed by atoms with Gasteiger partial charge in [0.25, 0.3) is 0 Å². The minimum Gasteiger partial charge on any atom is -0.379 e. The van der Waals surface area contributed by atoms with Crippen molar-refractivity contribution in [2.24, 2.45) is 0 Å². The molecule has 8 nitrogen and oxygen atoms in total. The van der Waals surface area contributed by atoms with Crippen molar-refractivity contribution in [1.29, 1.82) is 0 Å². The number of amides is 2. The van der Waals surface area contributed by atoms with Crippen molar-refractivity contribution < 1.29 is 19.1 Å². The van der Waals surface area contributed by atoms with Gasteiger partial charge in [0.2, 0.25) is 0 Å². The molecule has 2 saturated heterocycles. The standard InChI is InChI=1S/C20H30N4O4/c25-19(21-6-8-23-10-13-27-14-11-23)20(26)22-7-9-24-12-15-28-18(16-24)17-4-2-1-3-5-17/h1-5,18H,6-16H2,(H,21,25)(H,22,26)/t18-/m1/s1. The van der Waals surface area contributed by atoms with E-state index >= 15 is 0 Å². The molecule has 0 unspecified atom stereocenters. The molecule has 2 aliphatic rings. The quantitative estimate of drug-likeness (QED) is 0.618. The number of ether oxygens (including phenoxy) is 2. The molecule has 3 rings (SSSR count). The summed E-state index contributed by atoms with van der Waals surface area (Å²) in [5, 5.41) is 5.39. The smallest absolute Gasteiger partial charge is 0.309 e. The Labute approximate surface area is 166 Å². The summed E-state index contributed by atoms with van der Waals surface area (Å²) in [5.74, 6) is -1.15. The fourth-order valence-corrected chi connectivity index (χ4v) is 3.42. The van der Waals surface area contributed by atoms with E-state index < -0.39 is 11.8 Å². The van der Waals surface area contributed by atoms with E-state index in [4.69, 9.17) is 9.47 Å². The van der Waals surface area contributed by atoms with Crippen LogP contribution in [0.15, 0.2) is 30.3 Å². The van der Waals surface area contributed by atoms with Crippen LogP contribution in [0.4, 0.5) is 0 Å². The second-order valence-electron chi connectivity index (χ2n) is 7.04. The lowest BCUT2D eigenvalue weighted by atomic mass is 10.1. The van der Waals surface area contributed by atoms with Crippen LogP contribution in [0.3, 0.4) is 0 Å². The molecule has 1 aromatic carbocycles. The SMILES string of the molecule is O=C(NCCN1CCOCC1)C(=O)NCCN1CCO[C@@H](c2ccccc2)C1. The van der Waals surface area contributed by atoms with Crippen molar-refractivity contribution in [3.8, 4) is 0 Å². The first-order valence-corrected chi connectivity index (χ1v) is 9.97. The lowest BCUT2D eigenvalue weighted by Gasteiger charge is -2.33. The highest BCUT2D eigenvalue weighted by Gasteiger charge is 2.22. The molecule has 0 bridgehead atoms. The number of nitrogens with zero attached hydrogens (tertiary/aromatic N) is 2. The highest BCUT2D eigenvalue weighted by atomic mass is 16.5. The normalized spacial score (nSPS) is 21.2. The first kappa shape index (κ1) is 20.7. The van der Waals surface area contributed by atoms with E-state index in [0.29, 0.717) is 26.2 Å². The van der Waals surface area contributed by atoms with Gasteiger partial charge in [0, 0.05) is 52.4 Å². The Morgan fingerprint density at radius 3 is 2.18 bits per heavy atom. The molecule has 1 aromatic rings. The fourth-order valence-electron chi connectivity index (χ4n) is 3.42. The van der Waals surface area contributed by atoms with E-state index in [1.165, 1.54) is 0 Å². The molecule has 1 atom stereocenters. The van der Waals surface area contributed by atoms with Gasteiger partial charge in [-0.1, -0.05) is 30.3 Å². The number of rotatable bonds is 7. The zero-order chi connectivity index (χ0) is 19.6. The number of benzene rings is 1. The lowest BCUT2D eigenvalue weighted by molar-refractivity contribution is -0.139. The van der Waals surface area contributed by atoms with Gasteiger partial charge in [-0.05, 0) is 5.56 Å². The molecule has 0 aliphatic carbocycles. The summed E-state index contributed by atoms with van der Waals surface area (Å²) in [6.45, 7) is 7.79. The molecule has 2 heterocycles. The molecule has 2 aliphatic heterocycles. The monoisotopic (exact) mass is 390 g/mol. The second-order valence-corrected chi connectivity index (χ2v) is 7.04. The van der Waals surface area contributed by atoms with E-state index in [-0.39, 0.29) is 6.10 Å². The Bertz CT molecular complexity index is 622. The average Bonchev–Trinajstić information content (AvgIpc) is 2.75. The van der Waals surface area contributed by atoms with E-state index in [9.17, 15) is 9.59 Å². The van der Waals surface area contributed by atoms with Gasteiger partial charge >= 0.3 is 11.8 Å². The average molecular weight is 390 g/mol. The van der Waals surface area contributed by atoms with Crippen molar-refractivity contribution in [2.45, 2.75) is 6.10 Å². The van der Waals surface area contributed by atoms with Crippen LogP contribution in [-0.4, -0.2) is 93.8 Å². The summed E-state index contributed by atoms with van der Waals surface area (Å²) in [4.78, 5) is 28.3. The summed E-state index contributed by atoms with van der Waals surface area (Å²) in [7, 11) is 0. The van der Waals surface area contributed by atoms with Gasteiger partial charge in [0.1, 0.15) is 0 Å². The van der Waals surface area contributed by atoms with Crippen LogP contribution >= 0.6 is 0 Å². The molecule has 154 valence electrons. The lowest BCUT2D eigenvalue weighted by Crippen LogP contribution is -2.47. The second kappa shape index (κ2) is 11.1. The van der Waals surface area contributed by atoms with Crippen LogP contribution in [-0.2, 0) is 19.1 Å². The molecule has 2 fully saturated rings. The van der Waals surface area contributed by atoms with E-state index in [0.717, 1.165) is 51.5 Å². The third-order valence-electron chi connectivity index (χ3n) is 5.06. The minimum absolute atomic E-state index is 0.0501. The Morgan fingerprint density at radius 1 is 0.893 bits per heavy atom. The van der Waals surface area contributed by atoms with Gasteiger partial charge in [-0.2, -0.15) is 0 Å². The van der Waals surface area contributed by atoms with Gasteiger partial charge in [0.15, 0.2) is 0 Å². The first-order chi connectivity index (χ1) is 13.7. The number of carbonyl (C=O) groups is 2. The van der Waals surface area contributed by atoms with Crippen LogP contribution in [0, 0.1) is 0 Å². The topological polar surface area (TPSA) is 83.1 Å². The zero-order valence-corrected chi connectivity index (χ0v) is 16.3. The fraction of sp³-hybridized carbons (Fsp3) is 0.600. The highest BCUT2D eigenvalue weighted by molar-refractivity contribution is 6.35. The van der Waals surface area contributed by atoms with Crippen LogP contribution in [0.25, 0.3) is 0 Å². The third kappa shape index (κ3) is 6.56. The maximum atomic E-state index is 12.0. The van der Waals surface area contributed by atoms with Crippen molar-refractivity contribution in [2.75, 3.05) is 72.2 Å². The van der Waals surface area contributed by atoms with Crippen LogP contribution in [0.1, 0.15) is 11.7 Å². The molecular formula is C20H30N4O4. The van der Waals surface area contributed by atoms with Gasteiger partial charge < -0.3 is 20.1 Å². The van der Waals surface area contributed by atoms with Crippen molar-refractivity contribution >= 4 is 11.8 Å². The molecule has 0 radical (unpaired) electrons. The van der Waals surface area contributed by atoms with Crippen LogP contribution in [0.5, 0.6) is 0 Å². The number of nitrogens with one attached hydrogen (secondary N) is 2. The predicted octanol–water partition coefficient (Wildman–Crippen LogP) is -0.375. The number of hydrogen-bond acceptors (Lipinski definition) is 6. The molecule has 2 amide bonds. The van der Waals surface area contributed by atoms with Gasteiger partial charge in [-0.3, -0.25) is 19.4 Å². The first-order valence-electron chi connectivity index (χ1n) is 9.97.